The van der Waals surface area contributed by atoms with Gasteiger partial charge in [0.15, 0.2) is 5.78 Å². The molecule has 2 bridgehead atoms. The molecule has 1 heterocycles. The number of hydrogen-bond acceptors (Lipinski definition) is 4. The van der Waals surface area contributed by atoms with E-state index in [9.17, 15) is 14.0 Å². The molecule has 0 radical (unpaired) electrons. The normalized spacial score (nSPS) is 26.1. The molecule has 5 nitrogen and oxygen atoms in total. The molecule has 1 aromatic carbocycles. The first kappa shape index (κ1) is 18.7. The van der Waals surface area contributed by atoms with Crippen LogP contribution < -0.4 is 5.32 Å². The van der Waals surface area contributed by atoms with E-state index in [0.717, 1.165) is 38.5 Å². The molecular weight excluding hydrogens is 357 g/mol. The Labute approximate surface area is 163 Å². The lowest BCUT2D eigenvalue weighted by molar-refractivity contribution is 0.0799. The van der Waals surface area contributed by atoms with Crippen LogP contribution in [0.2, 0.25) is 0 Å². The molecule has 1 aromatic heterocycles. The summed E-state index contributed by atoms with van der Waals surface area (Å²) in [4.78, 5) is 33.8. The van der Waals surface area contributed by atoms with Gasteiger partial charge in [0.1, 0.15) is 11.5 Å². The minimum Gasteiger partial charge on any atom is -0.345 e. The number of benzene rings is 1. The highest BCUT2D eigenvalue weighted by molar-refractivity contribution is 5.97. The van der Waals surface area contributed by atoms with E-state index in [-0.39, 0.29) is 28.2 Å². The highest BCUT2D eigenvalue weighted by atomic mass is 19.1. The smallest absolute Gasteiger partial charge is 0.271 e. The van der Waals surface area contributed by atoms with Gasteiger partial charge >= 0.3 is 0 Å². The predicted octanol–water partition coefficient (Wildman–Crippen LogP) is 4.02. The second-order valence-corrected chi connectivity index (χ2v) is 8.39. The summed E-state index contributed by atoms with van der Waals surface area (Å²) in [5.74, 6) is -0.823. The molecule has 1 amide bonds. The molecule has 6 heteroatoms. The Kier molecular flexibility index (Phi) is 4.73. The summed E-state index contributed by atoms with van der Waals surface area (Å²) in [5, 5.41) is 3.19. The minimum atomic E-state index is -0.463. The zero-order valence-corrected chi connectivity index (χ0v) is 16.0. The van der Waals surface area contributed by atoms with Gasteiger partial charge in [0, 0.05) is 18.2 Å². The Morgan fingerprint density at radius 1 is 1.14 bits per heavy atom. The van der Waals surface area contributed by atoms with Gasteiger partial charge in [-0.15, -0.1) is 0 Å². The van der Waals surface area contributed by atoms with E-state index < -0.39 is 5.82 Å². The molecule has 1 N–H and O–H groups in total. The van der Waals surface area contributed by atoms with Crippen molar-refractivity contribution in [2.24, 2.45) is 5.41 Å². The first-order valence-corrected chi connectivity index (χ1v) is 9.79. The lowest BCUT2D eigenvalue weighted by atomic mass is 9.70. The highest BCUT2D eigenvalue weighted by Crippen LogP contribution is 2.55. The lowest BCUT2D eigenvalue weighted by Gasteiger charge is -2.39. The summed E-state index contributed by atoms with van der Waals surface area (Å²) in [5.41, 5.74) is 0.711. The van der Waals surface area contributed by atoms with Crippen molar-refractivity contribution in [2.75, 3.05) is 0 Å². The Balaban J connectivity index is 1.49. The van der Waals surface area contributed by atoms with Crippen molar-refractivity contribution in [1.82, 2.24) is 15.3 Å². The summed E-state index contributed by atoms with van der Waals surface area (Å²) in [6.45, 7) is 1.80. The first-order valence-electron chi connectivity index (χ1n) is 9.79. The average Bonchev–Trinajstić information content (AvgIpc) is 2.91. The largest absolute Gasteiger partial charge is 0.345 e. The van der Waals surface area contributed by atoms with E-state index in [1.54, 1.807) is 31.3 Å². The van der Waals surface area contributed by atoms with Gasteiger partial charge < -0.3 is 5.32 Å². The molecule has 0 saturated heterocycles. The number of Topliss-reactive ketones (excluding diaryl/α,β-unsaturated/α-hetero) is 1. The van der Waals surface area contributed by atoms with E-state index in [2.05, 4.69) is 15.3 Å². The van der Waals surface area contributed by atoms with E-state index in [0.29, 0.717) is 17.8 Å². The monoisotopic (exact) mass is 381 g/mol. The van der Waals surface area contributed by atoms with Crippen LogP contribution in [-0.4, -0.2) is 27.2 Å². The summed E-state index contributed by atoms with van der Waals surface area (Å²) >= 11 is 0. The molecular formula is C22H24FN3O2. The second-order valence-electron chi connectivity index (χ2n) is 8.39. The van der Waals surface area contributed by atoms with Crippen molar-refractivity contribution in [2.45, 2.75) is 57.4 Å². The Morgan fingerprint density at radius 2 is 1.96 bits per heavy atom. The van der Waals surface area contributed by atoms with Crippen molar-refractivity contribution in [3.63, 3.8) is 0 Å². The minimum absolute atomic E-state index is 0.147. The number of halogens is 1. The van der Waals surface area contributed by atoms with E-state index >= 15 is 0 Å². The molecule has 2 unspecified atom stereocenters. The number of nitrogens with zero attached hydrogens (tertiary/aromatic N) is 2. The van der Waals surface area contributed by atoms with Crippen molar-refractivity contribution >= 4 is 11.7 Å². The van der Waals surface area contributed by atoms with Crippen LogP contribution in [0.3, 0.4) is 0 Å². The topological polar surface area (TPSA) is 72.0 Å². The Morgan fingerprint density at radius 3 is 2.75 bits per heavy atom. The molecule has 2 saturated carbocycles. The van der Waals surface area contributed by atoms with Gasteiger partial charge in [-0.05, 0) is 56.6 Å². The molecule has 0 spiro atoms. The number of amides is 1. The predicted molar refractivity (Wildman–Crippen MR) is 102 cm³/mol. The van der Waals surface area contributed by atoms with E-state index in [4.69, 9.17) is 0 Å². The third kappa shape index (κ3) is 3.55. The molecule has 4 rings (SSSR count). The van der Waals surface area contributed by atoms with Gasteiger partial charge in [-0.3, -0.25) is 14.6 Å². The molecule has 2 aliphatic rings. The number of carbonyl (C=O) groups excluding carboxylic acids is 2. The molecule has 2 aromatic rings. The van der Waals surface area contributed by atoms with Gasteiger partial charge in [0.25, 0.3) is 5.91 Å². The van der Waals surface area contributed by atoms with Crippen molar-refractivity contribution < 1.29 is 14.0 Å². The van der Waals surface area contributed by atoms with E-state index in [1.807, 2.05) is 0 Å². The van der Waals surface area contributed by atoms with Crippen LogP contribution in [0.5, 0.6) is 0 Å². The van der Waals surface area contributed by atoms with Crippen LogP contribution in [-0.2, 0) is 0 Å². The maximum absolute atomic E-state index is 14.0. The first-order chi connectivity index (χ1) is 13.4. The van der Waals surface area contributed by atoms with Gasteiger partial charge in [0.2, 0.25) is 0 Å². The van der Waals surface area contributed by atoms with Gasteiger partial charge in [-0.1, -0.05) is 18.6 Å². The summed E-state index contributed by atoms with van der Waals surface area (Å²) in [6, 6.07) is 6.16. The third-order valence-electron chi connectivity index (χ3n) is 6.29. The molecule has 2 fully saturated rings. The number of aromatic nitrogens is 2. The van der Waals surface area contributed by atoms with Crippen LogP contribution in [0.25, 0.3) is 0 Å². The molecule has 146 valence electrons. The van der Waals surface area contributed by atoms with Gasteiger partial charge in [-0.25, -0.2) is 9.37 Å². The number of hydrogen-bond donors (Lipinski definition) is 1. The quantitative estimate of drug-likeness (QED) is 0.794. The van der Waals surface area contributed by atoms with Crippen LogP contribution in [0.4, 0.5) is 4.39 Å². The van der Waals surface area contributed by atoms with Gasteiger partial charge in [0.05, 0.1) is 17.5 Å². The summed E-state index contributed by atoms with van der Waals surface area (Å²) in [7, 11) is 0. The number of nitrogens with one attached hydrogen (secondary N) is 1. The van der Waals surface area contributed by atoms with Crippen molar-refractivity contribution in [3.8, 4) is 0 Å². The highest BCUT2D eigenvalue weighted by Gasteiger charge is 2.52. The van der Waals surface area contributed by atoms with E-state index in [1.165, 1.54) is 12.3 Å². The SMILES string of the molecule is Cc1cncc(C(=O)NC23CCCC(CC(=O)c4ccccc4F)(CC2)C3)n1. The maximum Gasteiger partial charge on any atom is 0.271 e. The molecule has 0 aliphatic heterocycles. The maximum atomic E-state index is 14.0. The fourth-order valence-corrected chi connectivity index (χ4v) is 5.04. The molecule has 2 atom stereocenters. The van der Waals surface area contributed by atoms with Crippen LogP contribution in [0, 0.1) is 18.2 Å². The zero-order chi connectivity index (χ0) is 19.8. The standard InChI is InChI=1S/C22H24FN3O2/c1-15-12-24-13-18(25-15)20(28)26-22-8-4-7-21(14-22,9-10-22)11-19(27)16-5-2-3-6-17(16)23/h2-3,5-6,12-13H,4,7-11,14H2,1H3,(H,26,28). The fourth-order valence-electron chi connectivity index (χ4n) is 5.04. The molecule has 28 heavy (non-hydrogen) atoms. The summed E-state index contributed by atoms with van der Waals surface area (Å²) in [6.07, 6.45) is 8.67. The van der Waals surface area contributed by atoms with Crippen LogP contribution >= 0.6 is 0 Å². The zero-order valence-electron chi connectivity index (χ0n) is 16.0. The average molecular weight is 381 g/mol. The third-order valence-corrected chi connectivity index (χ3v) is 6.29. The van der Waals surface area contributed by atoms with Gasteiger partial charge in [-0.2, -0.15) is 0 Å². The second kappa shape index (κ2) is 7.08. The van der Waals surface area contributed by atoms with Crippen LogP contribution in [0.1, 0.15) is 71.5 Å². The fraction of sp³-hybridized carbons (Fsp3) is 0.455. The van der Waals surface area contributed by atoms with Crippen molar-refractivity contribution in [3.05, 3.63) is 59.4 Å². The number of rotatable bonds is 5. The Hall–Kier alpha value is -2.63. The number of ketones is 1. The summed E-state index contributed by atoms with van der Waals surface area (Å²) < 4.78 is 14.0. The Bertz CT molecular complexity index is 932. The lowest BCUT2D eigenvalue weighted by Crippen LogP contribution is -2.49. The van der Waals surface area contributed by atoms with Crippen LogP contribution in [0.15, 0.2) is 36.7 Å². The number of carbonyl (C=O) groups is 2. The molecule has 2 aliphatic carbocycles. The van der Waals surface area contributed by atoms with Crippen molar-refractivity contribution in [1.29, 1.82) is 0 Å². The number of fused-ring (bicyclic) bond motifs is 2. The number of aryl methyl sites for hydroxylation is 1.